The molecule has 0 radical (unpaired) electrons. The molecule has 0 aromatic heterocycles. The number of sulfonamides is 1. The maximum absolute atomic E-state index is 13.8. The highest BCUT2D eigenvalue weighted by Gasteiger charge is 2.33. The van der Waals surface area contributed by atoms with E-state index < -0.39 is 28.5 Å². The van der Waals surface area contributed by atoms with Gasteiger partial charge < -0.3 is 10.2 Å². The third kappa shape index (κ3) is 6.99. The van der Waals surface area contributed by atoms with Crippen molar-refractivity contribution in [1.29, 1.82) is 0 Å². The first-order chi connectivity index (χ1) is 17.9. The molecule has 38 heavy (non-hydrogen) atoms. The number of hydrogen-bond donors (Lipinski definition) is 1. The van der Waals surface area contributed by atoms with Crippen molar-refractivity contribution in [3.05, 3.63) is 92.9 Å². The van der Waals surface area contributed by atoms with Crippen molar-refractivity contribution in [2.24, 2.45) is 0 Å². The molecule has 0 bridgehead atoms. The summed E-state index contributed by atoms with van der Waals surface area (Å²) in [5.74, 6) is -1.02. The van der Waals surface area contributed by atoms with Gasteiger partial charge >= 0.3 is 0 Å². The molecule has 0 unspecified atom stereocenters. The zero-order valence-corrected chi connectivity index (χ0v) is 24.2. The summed E-state index contributed by atoms with van der Waals surface area (Å²) in [5, 5.41) is 3.45. The summed E-state index contributed by atoms with van der Waals surface area (Å²) in [6, 6.07) is 16.6. The van der Waals surface area contributed by atoms with Gasteiger partial charge in [-0.05, 0) is 62.7 Å². The zero-order valence-electron chi connectivity index (χ0n) is 21.1. The Morgan fingerprint density at radius 1 is 0.947 bits per heavy atom. The number of anilines is 1. The van der Waals surface area contributed by atoms with Gasteiger partial charge in [-0.15, -0.1) is 0 Å². The van der Waals surface area contributed by atoms with Crippen LogP contribution in [0.4, 0.5) is 5.69 Å². The fraction of sp³-hybridized carbons (Fsp3) is 0.259. The van der Waals surface area contributed by atoms with Crippen LogP contribution in [0.5, 0.6) is 0 Å². The van der Waals surface area contributed by atoms with Crippen LogP contribution in [-0.2, 0) is 26.2 Å². The van der Waals surface area contributed by atoms with E-state index in [1.54, 1.807) is 50.2 Å². The summed E-state index contributed by atoms with van der Waals surface area (Å²) in [6.45, 7) is 4.89. The van der Waals surface area contributed by atoms with Gasteiger partial charge in [-0.3, -0.25) is 13.9 Å². The summed E-state index contributed by atoms with van der Waals surface area (Å²) in [7, 11) is -4.26. The van der Waals surface area contributed by atoms with Gasteiger partial charge in [0, 0.05) is 23.1 Å². The standard InChI is InChI=1S/C27H28Cl3N3O4S/c1-4-31-27(35)19(3)32(16-20-7-5-6-8-23(20)29)26(34)17-33(25-15-21(28)11-14-24(25)30)38(36,37)22-12-9-18(2)10-13-22/h5-15,19H,4,16-17H2,1-3H3,(H,31,35)/t19-/m1/s1. The first-order valence-electron chi connectivity index (χ1n) is 11.8. The minimum atomic E-state index is -4.26. The molecule has 0 saturated heterocycles. The molecule has 0 saturated carbocycles. The Kier molecular flexibility index (Phi) is 10.1. The number of halogens is 3. The Morgan fingerprint density at radius 2 is 1.61 bits per heavy atom. The van der Waals surface area contributed by atoms with E-state index in [0.29, 0.717) is 17.1 Å². The van der Waals surface area contributed by atoms with Crippen molar-refractivity contribution in [3.8, 4) is 0 Å². The summed E-state index contributed by atoms with van der Waals surface area (Å²) < 4.78 is 28.6. The van der Waals surface area contributed by atoms with Crippen LogP contribution < -0.4 is 9.62 Å². The first-order valence-corrected chi connectivity index (χ1v) is 14.4. The van der Waals surface area contributed by atoms with E-state index in [4.69, 9.17) is 34.8 Å². The molecule has 3 aromatic carbocycles. The number of hydrogen-bond acceptors (Lipinski definition) is 4. The molecule has 1 atom stereocenters. The van der Waals surface area contributed by atoms with Crippen LogP contribution in [0, 0.1) is 6.92 Å². The number of carbonyl (C=O) groups excluding carboxylic acids is 2. The minimum absolute atomic E-state index is 0.0154. The fourth-order valence-corrected chi connectivity index (χ4v) is 5.80. The Morgan fingerprint density at radius 3 is 2.24 bits per heavy atom. The van der Waals surface area contributed by atoms with E-state index in [-0.39, 0.29) is 33.1 Å². The van der Waals surface area contributed by atoms with Crippen molar-refractivity contribution in [3.63, 3.8) is 0 Å². The second-order valence-electron chi connectivity index (χ2n) is 8.60. The lowest BCUT2D eigenvalue weighted by Gasteiger charge is -2.32. The van der Waals surface area contributed by atoms with Crippen LogP contribution >= 0.6 is 34.8 Å². The van der Waals surface area contributed by atoms with Gasteiger partial charge in [0.15, 0.2) is 0 Å². The fourth-order valence-electron chi connectivity index (χ4n) is 3.74. The lowest BCUT2D eigenvalue weighted by Crippen LogP contribution is -2.51. The predicted molar refractivity (Wildman–Crippen MR) is 152 cm³/mol. The molecule has 0 heterocycles. The lowest BCUT2D eigenvalue weighted by molar-refractivity contribution is -0.139. The second kappa shape index (κ2) is 12.8. The smallest absolute Gasteiger partial charge is 0.264 e. The highest BCUT2D eigenvalue weighted by atomic mass is 35.5. The number of rotatable bonds is 10. The number of amides is 2. The highest BCUT2D eigenvalue weighted by Crippen LogP contribution is 2.33. The number of benzene rings is 3. The van der Waals surface area contributed by atoms with E-state index in [0.717, 1.165) is 9.87 Å². The molecule has 0 fully saturated rings. The monoisotopic (exact) mass is 595 g/mol. The molecule has 0 aliphatic rings. The normalized spacial score (nSPS) is 12.1. The predicted octanol–water partition coefficient (Wildman–Crippen LogP) is 5.70. The molecule has 202 valence electrons. The van der Waals surface area contributed by atoms with Gasteiger partial charge in [-0.1, -0.05) is 70.7 Å². The van der Waals surface area contributed by atoms with Gasteiger partial charge in [0.05, 0.1) is 15.6 Å². The van der Waals surface area contributed by atoms with Crippen LogP contribution in [0.3, 0.4) is 0 Å². The number of nitrogens with zero attached hydrogens (tertiary/aromatic N) is 2. The topological polar surface area (TPSA) is 86.8 Å². The average molecular weight is 597 g/mol. The van der Waals surface area contributed by atoms with E-state index >= 15 is 0 Å². The van der Waals surface area contributed by atoms with Crippen molar-refractivity contribution in [2.45, 2.75) is 38.3 Å². The quantitative estimate of drug-likeness (QED) is 0.325. The summed E-state index contributed by atoms with van der Waals surface area (Å²) >= 11 is 18.9. The Hall–Kier alpha value is -2.78. The van der Waals surface area contributed by atoms with Crippen molar-refractivity contribution < 1.29 is 18.0 Å². The molecule has 0 spiro atoms. The van der Waals surface area contributed by atoms with Crippen LogP contribution in [0.2, 0.25) is 15.1 Å². The summed E-state index contributed by atoms with van der Waals surface area (Å²) in [4.78, 5) is 27.9. The maximum Gasteiger partial charge on any atom is 0.264 e. The molecule has 3 rings (SSSR count). The first kappa shape index (κ1) is 29.8. The molecule has 0 aliphatic heterocycles. The van der Waals surface area contributed by atoms with E-state index in [1.807, 2.05) is 6.92 Å². The molecule has 7 nitrogen and oxygen atoms in total. The van der Waals surface area contributed by atoms with Crippen LogP contribution in [-0.4, -0.2) is 44.3 Å². The van der Waals surface area contributed by atoms with Gasteiger partial charge in [-0.25, -0.2) is 8.42 Å². The maximum atomic E-state index is 13.8. The van der Waals surface area contributed by atoms with Gasteiger partial charge in [0.1, 0.15) is 12.6 Å². The van der Waals surface area contributed by atoms with E-state index in [2.05, 4.69) is 5.32 Å². The molecule has 1 N–H and O–H groups in total. The SMILES string of the molecule is CCNC(=O)[C@@H](C)N(Cc1ccccc1Cl)C(=O)CN(c1cc(Cl)ccc1Cl)S(=O)(=O)c1ccc(C)cc1. The molecule has 11 heteroatoms. The Labute approximate surface area is 238 Å². The minimum Gasteiger partial charge on any atom is -0.355 e. The van der Waals surface area contributed by atoms with Gasteiger partial charge in [-0.2, -0.15) is 0 Å². The lowest BCUT2D eigenvalue weighted by atomic mass is 10.1. The summed E-state index contributed by atoms with van der Waals surface area (Å²) in [6.07, 6.45) is 0. The van der Waals surface area contributed by atoms with Crippen molar-refractivity contribution in [2.75, 3.05) is 17.4 Å². The Bertz CT molecular complexity index is 1420. The van der Waals surface area contributed by atoms with Crippen molar-refractivity contribution in [1.82, 2.24) is 10.2 Å². The molecular weight excluding hydrogens is 569 g/mol. The largest absolute Gasteiger partial charge is 0.355 e. The van der Waals surface area contributed by atoms with E-state index in [9.17, 15) is 18.0 Å². The third-order valence-electron chi connectivity index (χ3n) is 5.88. The number of nitrogens with one attached hydrogen (secondary N) is 1. The van der Waals surface area contributed by atoms with E-state index in [1.165, 1.54) is 35.2 Å². The second-order valence-corrected chi connectivity index (χ2v) is 11.7. The highest BCUT2D eigenvalue weighted by molar-refractivity contribution is 7.92. The molecule has 2 amide bonds. The van der Waals surface area contributed by atoms with Crippen LogP contribution in [0.15, 0.2) is 71.6 Å². The van der Waals surface area contributed by atoms with Crippen LogP contribution in [0.1, 0.15) is 25.0 Å². The molecule has 0 aliphatic carbocycles. The number of likely N-dealkylation sites (N-methyl/N-ethyl adjacent to an activating group) is 1. The molecular formula is C27H28Cl3N3O4S. The van der Waals surface area contributed by atoms with Gasteiger partial charge in [0.25, 0.3) is 10.0 Å². The van der Waals surface area contributed by atoms with Gasteiger partial charge in [0.2, 0.25) is 11.8 Å². The average Bonchev–Trinajstić information content (AvgIpc) is 2.88. The zero-order chi connectivity index (χ0) is 28.0. The molecule has 3 aromatic rings. The van der Waals surface area contributed by atoms with Crippen LogP contribution in [0.25, 0.3) is 0 Å². The number of carbonyl (C=O) groups is 2. The van der Waals surface area contributed by atoms with Crippen molar-refractivity contribution >= 4 is 62.3 Å². The Balaban J connectivity index is 2.09. The summed E-state index contributed by atoms with van der Waals surface area (Å²) in [5.41, 5.74) is 1.51. The number of aryl methyl sites for hydroxylation is 1. The third-order valence-corrected chi connectivity index (χ3v) is 8.58.